The van der Waals surface area contributed by atoms with Gasteiger partial charge < -0.3 is 9.47 Å². The van der Waals surface area contributed by atoms with Crippen molar-refractivity contribution in [3.05, 3.63) is 62.8 Å². The number of hydrogen-bond acceptors (Lipinski definition) is 6. The minimum Gasteiger partial charge on any atom is -0.478 e. The van der Waals surface area contributed by atoms with E-state index in [1.807, 2.05) is 42.2 Å². The molecule has 0 spiro atoms. The van der Waals surface area contributed by atoms with Crippen LogP contribution in [-0.4, -0.2) is 43.4 Å². The van der Waals surface area contributed by atoms with Gasteiger partial charge in [-0.1, -0.05) is 28.1 Å². The first-order chi connectivity index (χ1) is 14.3. The molecule has 0 N–H and O–H groups in total. The number of sulfone groups is 1. The van der Waals surface area contributed by atoms with Crippen LogP contribution in [-0.2, 0) is 16.4 Å². The summed E-state index contributed by atoms with van der Waals surface area (Å²) in [5.41, 5.74) is 3.04. The Balaban J connectivity index is 1.49. The average Bonchev–Trinajstić information content (AvgIpc) is 3.23. The van der Waals surface area contributed by atoms with Crippen molar-refractivity contribution < 1.29 is 22.7 Å². The Kier molecular flexibility index (Phi) is 4.76. The van der Waals surface area contributed by atoms with Gasteiger partial charge in [0.05, 0.1) is 22.6 Å². The molecule has 1 unspecified atom stereocenters. The number of rotatable bonds is 2. The highest BCUT2D eigenvalue weighted by Gasteiger charge is 2.39. The Bertz CT molecular complexity index is 1190. The Hall–Kier alpha value is -2.16. The largest absolute Gasteiger partial charge is 0.478 e. The number of ketones is 1. The number of hydrogen-bond donors (Lipinski definition) is 0. The van der Waals surface area contributed by atoms with Crippen molar-refractivity contribution in [2.75, 3.05) is 18.2 Å². The summed E-state index contributed by atoms with van der Waals surface area (Å²) in [6, 6.07) is 9.44. The van der Waals surface area contributed by atoms with E-state index >= 15 is 0 Å². The topological polar surface area (TPSA) is 72.9 Å². The fourth-order valence-corrected chi connectivity index (χ4v) is 6.28. The lowest BCUT2D eigenvalue weighted by Crippen LogP contribution is -2.41. The van der Waals surface area contributed by atoms with Crippen LogP contribution in [0, 0.1) is 6.92 Å². The predicted molar refractivity (Wildman–Crippen MR) is 116 cm³/mol. The second kappa shape index (κ2) is 7.21. The predicted octanol–water partition coefficient (Wildman–Crippen LogP) is 3.71. The van der Waals surface area contributed by atoms with Crippen LogP contribution in [0.4, 0.5) is 0 Å². The zero-order valence-corrected chi connectivity index (χ0v) is 18.8. The number of fused-ring (bicyclic) bond motifs is 3. The summed E-state index contributed by atoms with van der Waals surface area (Å²) >= 11 is 3.41. The van der Waals surface area contributed by atoms with E-state index in [1.165, 1.54) is 0 Å². The van der Waals surface area contributed by atoms with Gasteiger partial charge in [-0.2, -0.15) is 0 Å². The number of aryl methyl sites for hydroxylation is 1. The molecule has 1 fully saturated rings. The normalized spacial score (nSPS) is 23.7. The number of nitrogens with zero attached hydrogens (tertiary/aromatic N) is 1. The summed E-state index contributed by atoms with van der Waals surface area (Å²) in [7, 11) is -2.99. The van der Waals surface area contributed by atoms with Gasteiger partial charge >= 0.3 is 0 Å². The van der Waals surface area contributed by atoms with Gasteiger partial charge in [-0.25, -0.2) is 8.42 Å². The Morgan fingerprint density at radius 2 is 2.00 bits per heavy atom. The molecule has 30 heavy (non-hydrogen) atoms. The van der Waals surface area contributed by atoms with E-state index in [2.05, 4.69) is 15.9 Å². The van der Waals surface area contributed by atoms with Gasteiger partial charge in [0.25, 0.3) is 0 Å². The van der Waals surface area contributed by atoms with Gasteiger partial charge in [0.2, 0.25) is 5.78 Å². The first-order valence-electron chi connectivity index (χ1n) is 9.74. The molecule has 0 amide bonds. The molecule has 3 heterocycles. The van der Waals surface area contributed by atoms with Gasteiger partial charge in [-0.15, -0.1) is 0 Å². The molecule has 2 aromatic rings. The second-order valence-corrected chi connectivity index (χ2v) is 11.1. The standard InChI is InChI=1S/C22H20BrNO5S/c1-13-8-18-17(10-24(12-28-18)16-6-7-30(26,27)11-16)22-20(13)21(25)19(29-22)9-14-2-4-15(23)5-3-14/h2-5,8-9,16H,6-7,10-12H2,1H3/b19-9-. The third-order valence-electron chi connectivity index (χ3n) is 5.84. The lowest BCUT2D eigenvalue weighted by Gasteiger charge is -2.33. The van der Waals surface area contributed by atoms with Gasteiger partial charge in [0, 0.05) is 17.1 Å². The number of halogens is 1. The number of carbonyl (C=O) groups excluding carboxylic acids is 1. The molecule has 1 saturated heterocycles. The lowest BCUT2D eigenvalue weighted by molar-refractivity contribution is 0.0633. The molecule has 156 valence electrons. The van der Waals surface area contributed by atoms with Crippen LogP contribution in [0.1, 0.15) is 33.5 Å². The van der Waals surface area contributed by atoms with Gasteiger partial charge in [-0.05, 0) is 48.7 Å². The van der Waals surface area contributed by atoms with Crippen molar-refractivity contribution in [1.82, 2.24) is 4.90 Å². The number of allylic oxidation sites excluding steroid dienone is 1. The molecular weight excluding hydrogens is 470 g/mol. The Morgan fingerprint density at radius 3 is 2.70 bits per heavy atom. The minimum atomic E-state index is -2.99. The highest BCUT2D eigenvalue weighted by Crippen LogP contribution is 2.44. The van der Waals surface area contributed by atoms with E-state index < -0.39 is 9.84 Å². The summed E-state index contributed by atoms with van der Waals surface area (Å²) in [4.78, 5) is 15.1. The van der Waals surface area contributed by atoms with E-state index in [9.17, 15) is 13.2 Å². The van der Waals surface area contributed by atoms with Gasteiger partial charge in [0.1, 0.15) is 18.2 Å². The molecular formula is C22H20BrNO5S. The van der Waals surface area contributed by atoms with E-state index in [4.69, 9.17) is 9.47 Å². The van der Waals surface area contributed by atoms with E-state index in [0.717, 1.165) is 21.2 Å². The van der Waals surface area contributed by atoms with Crippen molar-refractivity contribution in [3.8, 4) is 11.5 Å². The molecule has 3 aliphatic heterocycles. The van der Waals surface area contributed by atoms with Crippen LogP contribution in [0.15, 0.2) is 40.6 Å². The third kappa shape index (κ3) is 3.46. The molecule has 0 radical (unpaired) electrons. The summed E-state index contributed by atoms with van der Waals surface area (Å²) < 4.78 is 36.7. The van der Waals surface area contributed by atoms with E-state index in [-0.39, 0.29) is 29.1 Å². The highest BCUT2D eigenvalue weighted by atomic mass is 79.9. The molecule has 0 aromatic heterocycles. The average molecular weight is 490 g/mol. The first-order valence-corrected chi connectivity index (χ1v) is 12.4. The molecule has 5 rings (SSSR count). The minimum absolute atomic E-state index is 0.0741. The summed E-state index contributed by atoms with van der Waals surface area (Å²) in [6.45, 7) is 2.71. The molecule has 0 aliphatic carbocycles. The summed E-state index contributed by atoms with van der Waals surface area (Å²) in [5.74, 6) is 1.72. The molecule has 6 nitrogen and oxygen atoms in total. The first kappa shape index (κ1) is 19.8. The van der Waals surface area contributed by atoms with Crippen molar-refractivity contribution >= 4 is 37.6 Å². The van der Waals surface area contributed by atoms with Gasteiger partial charge in [0.15, 0.2) is 15.6 Å². The van der Waals surface area contributed by atoms with Crippen molar-refractivity contribution in [3.63, 3.8) is 0 Å². The molecule has 0 bridgehead atoms. The fourth-order valence-electron chi connectivity index (χ4n) is 4.26. The smallest absolute Gasteiger partial charge is 0.232 e. The number of benzene rings is 2. The SMILES string of the molecule is Cc1cc2c(c3c1C(=O)/C(=C/c1ccc(Br)cc1)O3)CN(C1CCS(=O)(=O)C1)CO2. The van der Waals surface area contributed by atoms with Crippen molar-refractivity contribution in [2.24, 2.45) is 0 Å². The number of ether oxygens (including phenoxy) is 2. The summed E-state index contributed by atoms with van der Waals surface area (Å²) in [5, 5.41) is 0. The maximum Gasteiger partial charge on any atom is 0.232 e. The maximum atomic E-state index is 13.1. The Labute approximate surface area is 183 Å². The molecule has 1 atom stereocenters. The monoisotopic (exact) mass is 489 g/mol. The lowest BCUT2D eigenvalue weighted by atomic mass is 9.98. The highest BCUT2D eigenvalue weighted by molar-refractivity contribution is 9.10. The second-order valence-electron chi connectivity index (χ2n) is 7.94. The van der Waals surface area contributed by atoms with E-state index in [0.29, 0.717) is 36.8 Å². The Morgan fingerprint density at radius 1 is 1.23 bits per heavy atom. The van der Waals surface area contributed by atoms with Crippen LogP contribution in [0.25, 0.3) is 6.08 Å². The van der Waals surface area contributed by atoms with Crippen LogP contribution >= 0.6 is 15.9 Å². The maximum absolute atomic E-state index is 13.1. The zero-order valence-electron chi connectivity index (χ0n) is 16.4. The quantitative estimate of drug-likeness (QED) is 0.598. The summed E-state index contributed by atoms with van der Waals surface area (Å²) in [6.07, 6.45) is 2.34. The number of carbonyl (C=O) groups is 1. The van der Waals surface area contributed by atoms with Crippen LogP contribution in [0.5, 0.6) is 11.5 Å². The number of Topliss-reactive ketones (excluding diaryl/α,β-unsaturated/α-hetero) is 1. The van der Waals surface area contributed by atoms with Crippen molar-refractivity contribution in [2.45, 2.75) is 25.9 Å². The molecule has 3 aliphatic rings. The van der Waals surface area contributed by atoms with Crippen molar-refractivity contribution in [1.29, 1.82) is 0 Å². The van der Waals surface area contributed by atoms with E-state index in [1.54, 1.807) is 6.08 Å². The molecule has 2 aromatic carbocycles. The van der Waals surface area contributed by atoms with Crippen LogP contribution < -0.4 is 9.47 Å². The zero-order chi connectivity index (χ0) is 21.0. The third-order valence-corrected chi connectivity index (χ3v) is 8.12. The van der Waals surface area contributed by atoms with Crippen LogP contribution in [0.2, 0.25) is 0 Å². The molecule has 0 saturated carbocycles. The molecule has 8 heteroatoms. The fraction of sp³-hybridized carbons (Fsp3) is 0.318. The van der Waals surface area contributed by atoms with Gasteiger partial charge in [-0.3, -0.25) is 9.69 Å². The van der Waals surface area contributed by atoms with Crippen LogP contribution in [0.3, 0.4) is 0 Å².